The summed E-state index contributed by atoms with van der Waals surface area (Å²) in [5.41, 5.74) is 4.38. The summed E-state index contributed by atoms with van der Waals surface area (Å²) in [5, 5.41) is 4.65. The summed E-state index contributed by atoms with van der Waals surface area (Å²) in [6.45, 7) is 3.94. The molecule has 1 aliphatic rings. The summed E-state index contributed by atoms with van der Waals surface area (Å²) in [6.07, 6.45) is 5.24. The van der Waals surface area contributed by atoms with E-state index in [0.717, 1.165) is 51.3 Å². The van der Waals surface area contributed by atoms with Crippen molar-refractivity contribution in [2.75, 3.05) is 18.2 Å². The number of nitrogens with zero attached hydrogens (tertiary/aromatic N) is 3. The van der Waals surface area contributed by atoms with E-state index in [1.807, 2.05) is 77.9 Å². The predicted octanol–water partition coefficient (Wildman–Crippen LogP) is 6.84. The molecule has 5 rings (SSSR count). The van der Waals surface area contributed by atoms with Crippen molar-refractivity contribution in [2.45, 2.75) is 38.4 Å². The standard InChI is InChI=1S/C28H28N4O3S2/c1-17-10-20(5-7-26(17)35-22-6-4-18(2)29-15-22)32-28-24-12-19(11-21(33)13-23-8-9-36-37-23)27(34-3)14-25(24)30-16-31-28/h4-7,10,12,14-16,23H,8-9,11,13H2,1-3H3,(H,30,31,32). The van der Waals surface area contributed by atoms with E-state index in [-0.39, 0.29) is 5.78 Å². The molecule has 4 aromatic rings. The van der Waals surface area contributed by atoms with Crippen LogP contribution >= 0.6 is 21.6 Å². The molecule has 0 spiro atoms. The van der Waals surface area contributed by atoms with Gasteiger partial charge in [0.1, 0.15) is 35.2 Å². The number of hydrogen-bond donors (Lipinski definition) is 1. The molecule has 0 radical (unpaired) electrons. The van der Waals surface area contributed by atoms with E-state index >= 15 is 0 Å². The topological polar surface area (TPSA) is 86.2 Å². The zero-order valence-corrected chi connectivity index (χ0v) is 22.6. The Morgan fingerprint density at radius 3 is 2.70 bits per heavy atom. The van der Waals surface area contributed by atoms with Crippen LogP contribution in [0.3, 0.4) is 0 Å². The monoisotopic (exact) mass is 532 g/mol. The number of aryl methyl sites for hydroxylation is 2. The molecule has 0 aliphatic carbocycles. The van der Waals surface area contributed by atoms with Gasteiger partial charge >= 0.3 is 0 Å². The number of anilines is 2. The number of methoxy groups -OCH3 is 1. The lowest BCUT2D eigenvalue weighted by molar-refractivity contribution is -0.118. The first-order valence-electron chi connectivity index (χ1n) is 12.1. The molecule has 1 fully saturated rings. The van der Waals surface area contributed by atoms with Gasteiger partial charge in [0.2, 0.25) is 0 Å². The van der Waals surface area contributed by atoms with Crippen LogP contribution in [-0.4, -0.2) is 38.8 Å². The first-order chi connectivity index (χ1) is 18.0. The van der Waals surface area contributed by atoms with E-state index in [0.29, 0.717) is 35.4 Å². The lowest BCUT2D eigenvalue weighted by atomic mass is 10.0. The molecule has 7 nitrogen and oxygen atoms in total. The minimum Gasteiger partial charge on any atom is -0.496 e. The predicted molar refractivity (Wildman–Crippen MR) is 151 cm³/mol. The third-order valence-electron chi connectivity index (χ3n) is 6.16. The highest BCUT2D eigenvalue weighted by Gasteiger charge is 2.21. The van der Waals surface area contributed by atoms with E-state index in [4.69, 9.17) is 9.47 Å². The van der Waals surface area contributed by atoms with Gasteiger partial charge in [0, 0.05) is 52.2 Å². The number of carbonyl (C=O) groups excluding carboxylic acids is 1. The van der Waals surface area contributed by atoms with Crippen molar-refractivity contribution in [2.24, 2.45) is 0 Å². The second-order valence-corrected chi connectivity index (χ2v) is 11.8. The van der Waals surface area contributed by atoms with E-state index in [1.165, 1.54) is 6.33 Å². The molecule has 3 heterocycles. The van der Waals surface area contributed by atoms with Crippen LogP contribution in [0.2, 0.25) is 0 Å². The SMILES string of the molecule is COc1cc2ncnc(Nc3ccc(Oc4ccc(C)nc4)c(C)c3)c2cc1CC(=O)CC1CCSS1. The van der Waals surface area contributed by atoms with Gasteiger partial charge < -0.3 is 14.8 Å². The molecule has 1 aliphatic heterocycles. The number of benzene rings is 2. The molecule has 1 unspecified atom stereocenters. The summed E-state index contributed by atoms with van der Waals surface area (Å²) in [4.78, 5) is 26.0. The molecular weight excluding hydrogens is 504 g/mol. The third kappa shape index (κ3) is 6.17. The quantitative estimate of drug-likeness (QED) is 0.233. The van der Waals surface area contributed by atoms with Crippen molar-refractivity contribution in [1.82, 2.24) is 15.0 Å². The maximum absolute atomic E-state index is 12.8. The molecule has 1 atom stereocenters. The zero-order valence-electron chi connectivity index (χ0n) is 21.0. The van der Waals surface area contributed by atoms with Gasteiger partial charge in [-0.25, -0.2) is 9.97 Å². The second-order valence-electron chi connectivity index (χ2n) is 8.99. The van der Waals surface area contributed by atoms with E-state index in [2.05, 4.69) is 20.3 Å². The van der Waals surface area contributed by atoms with Gasteiger partial charge in [-0.3, -0.25) is 9.78 Å². The van der Waals surface area contributed by atoms with Crippen molar-refractivity contribution in [3.8, 4) is 17.2 Å². The molecule has 190 valence electrons. The fourth-order valence-electron chi connectivity index (χ4n) is 4.22. The fourth-order valence-corrected chi connectivity index (χ4v) is 7.16. The van der Waals surface area contributed by atoms with Crippen LogP contribution in [0.4, 0.5) is 11.5 Å². The molecule has 1 N–H and O–H groups in total. The number of nitrogens with one attached hydrogen (secondary N) is 1. The van der Waals surface area contributed by atoms with Crippen LogP contribution in [0.1, 0.15) is 29.7 Å². The number of ether oxygens (including phenoxy) is 2. The van der Waals surface area contributed by atoms with E-state index in [9.17, 15) is 4.79 Å². The Hall–Kier alpha value is -3.30. The molecule has 0 saturated carbocycles. The summed E-state index contributed by atoms with van der Waals surface area (Å²) in [7, 11) is 5.30. The molecule has 9 heteroatoms. The molecule has 1 saturated heterocycles. The molecule has 0 bridgehead atoms. The number of aromatic nitrogens is 3. The Kier molecular flexibility index (Phi) is 7.81. The van der Waals surface area contributed by atoms with Crippen LogP contribution in [0.5, 0.6) is 17.2 Å². The van der Waals surface area contributed by atoms with Crippen LogP contribution < -0.4 is 14.8 Å². The minimum atomic E-state index is 0.221. The number of ketones is 1. The average molecular weight is 533 g/mol. The number of fused-ring (bicyclic) bond motifs is 1. The van der Waals surface area contributed by atoms with Crippen LogP contribution in [0.15, 0.2) is 55.0 Å². The third-order valence-corrected chi connectivity index (χ3v) is 9.10. The number of rotatable bonds is 9. The van der Waals surface area contributed by atoms with Gasteiger partial charge in [0.15, 0.2) is 0 Å². The smallest absolute Gasteiger partial charge is 0.145 e. The Morgan fingerprint density at radius 2 is 1.97 bits per heavy atom. The number of pyridine rings is 1. The largest absolute Gasteiger partial charge is 0.496 e. The molecule has 2 aromatic heterocycles. The van der Waals surface area contributed by atoms with E-state index < -0.39 is 0 Å². The number of Topliss-reactive ketones (excluding diaryl/α,β-unsaturated/α-hetero) is 1. The lowest BCUT2D eigenvalue weighted by Gasteiger charge is -2.14. The lowest BCUT2D eigenvalue weighted by Crippen LogP contribution is -2.11. The average Bonchev–Trinajstić information content (AvgIpc) is 3.40. The minimum absolute atomic E-state index is 0.221. The first-order valence-corrected chi connectivity index (χ1v) is 14.5. The summed E-state index contributed by atoms with van der Waals surface area (Å²) in [5.74, 6) is 4.12. The van der Waals surface area contributed by atoms with Gasteiger partial charge in [0.25, 0.3) is 0 Å². The Morgan fingerprint density at radius 1 is 1.08 bits per heavy atom. The summed E-state index contributed by atoms with van der Waals surface area (Å²) >= 11 is 0. The molecule has 0 amide bonds. The van der Waals surface area contributed by atoms with Crippen molar-refractivity contribution in [1.29, 1.82) is 0 Å². The Labute approximate surface area is 224 Å². The van der Waals surface area contributed by atoms with Crippen molar-refractivity contribution in [3.05, 3.63) is 71.8 Å². The zero-order chi connectivity index (χ0) is 25.8. The normalized spacial score (nSPS) is 15.1. The van der Waals surface area contributed by atoms with Gasteiger partial charge in [-0.1, -0.05) is 21.6 Å². The van der Waals surface area contributed by atoms with E-state index in [1.54, 1.807) is 13.3 Å². The van der Waals surface area contributed by atoms with Gasteiger partial charge in [-0.15, -0.1) is 0 Å². The van der Waals surface area contributed by atoms with Crippen molar-refractivity contribution in [3.63, 3.8) is 0 Å². The maximum Gasteiger partial charge on any atom is 0.145 e. The van der Waals surface area contributed by atoms with Crippen molar-refractivity contribution < 1.29 is 14.3 Å². The maximum atomic E-state index is 12.8. The first kappa shape index (κ1) is 25.4. The number of hydrogen-bond acceptors (Lipinski definition) is 9. The Balaban J connectivity index is 1.37. The van der Waals surface area contributed by atoms with Crippen LogP contribution in [-0.2, 0) is 11.2 Å². The van der Waals surface area contributed by atoms with Gasteiger partial charge in [-0.05, 0) is 62.2 Å². The van der Waals surface area contributed by atoms with Gasteiger partial charge in [-0.2, -0.15) is 0 Å². The highest BCUT2D eigenvalue weighted by Crippen LogP contribution is 2.40. The molecular formula is C28H28N4O3S2. The van der Waals surface area contributed by atoms with Crippen molar-refractivity contribution >= 4 is 49.8 Å². The molecule has 2 aromatic carbocycles. The highest BCUT2D eigenvalue weighted by atomic mass is 33.1. The van der Waals surface area contributed by atoms with Gasteiger partial charge in [0.05, 0.1) is 18.8 Å². The van der Waals surface area contributed by atoms with Crippen LogP contribution in [0, 0.1) is 13.8 Å². The summed E-state index contributed by atoms with van der Waals surface area (Å²) in [6, 6.07) is 13.6. The highest BCUT2D eigenvalue weighted by molar-refractivity contribution is 8.77. The second kappa shape index (κ2) is 11.4. The molecule has 37 heavy (non-hydrogen) atoms. The fraction of sp³-hybridized carbons (Fsp3) is 0.286. The summed E-state index contributed by atoms with van der Waals surface area (Å²) < 4.78 is 11.6. The van der Waals surface area contributed by atoms with Crippen LogP contribution in [0.25, 0.3) is 10.9 Å². The number of carbonyl (C=O) groups is 1. The Bertz CT molecular complexity index is 1420.